The zero-order valence-corrected chi connectivity index (χ0v) is 19.1. The van der Waals surface area contributed by atoms with Gasteiger partial charge in [-0.2, -0.15) is 4.31 Å². The van der Waals surface area contributed by atoms with Gasteiger partial charge in [0.1, 0.15) is 9.96 Å². The van der Waals surface area contributed by atoms with Crippen molar-refractivity contribution in [2.75, 3.05) is 51.3 Å². The topological polar surface area (TPSA) is 70.2 Å². The minimum atomic E-state index is -3.56. The Bertz CT molecular complexity index is 1030. The summed E-state index contributed by atoms with van der Waals surface area (Å²) >= 11 is 6.94. The molecule has 0 bridgehead atoms. The van der Waals surface area contributed by atoms with Gasteiger partial charge in [-0.15, -0.1) is 11.3 Å². The van der Waals surface area contributed by atoms with Crippen LogP contribution in [0.1, 0.15) is 12.0 Å². The van der Waals surface area contributed by atoms with Gasteiger partial charge in [-0.1, -0.05) is 11.6 Å². The quantitative estimate of drug-likeness (QED) is 0.673. The summed E-state index contributed by atoms with van der Waals surface area (Å²) in [5.74, 6) is 0.848. The minimum Gasteiger partial charge on any atom is -0.497 e. The molecule has 30 heavy (non-hydrogen) atoms. The molecule has 2 aliphatic rings. The second kappa shape index (κ2) is 8.74. The third-order valence-electron chi connectivity index (χ3n) is 5.56. The number of rotatable bonds is 5. The van der Waals surface area contributed by atoms with Gasteiger partial charge in [0.2, 0.25) is 5.91 Å². The van der Waals surface area contributed by atoms with E-state index >= 15 is 0 Å². The number of carbonyl (C=O) groups is 1. The number of carbonyl (C=O) groups excluding carboxylic acids is 1. The Kier molecular flexibility index (Phi) is 6.24. The Morgan fingerprint density at radius 2 is 1.90 bits per heavy atom. The number of halogens is 1. The molecule has 0 N–H and O–H groups in total. The molecule has 0 spiro atoms. The molecule has 0 aliphatic carbocycles. The number of piperazine rings is 1. The van der Waals surface area contributed by atoms with Crippen LogP contribution >= 0.6 is 22.9 Å². The fraction of sp³-hybridized carbons (Fsp3) is 0.450. The highest BCUT2D eigenvalue weighted by Crippen LogP contribution is 2.31. The van der Waals surface area contributed by atoms with Crippen molar-refractivity contribution in [3.8, 4) is 5.75 Å². The van der Waals surface area contributed by atoms with Crippen molar-refractivity contribution >= 4 is 44.6 Å². The van der Waals surface area contributed by atoms with Crippen LogP contribution < -0.4 is 9.64 Å². The molecule has 1 aromatic carbocycles. The van der Waals surface area contributed by atoms with E-state index in [0.29, 0.717) is 24.0 Å². The fourth-order valence-electron chi connectivity index (χ4n) is 3.95. The van der Waals surface area contributed by atoms with E-state index in [1.807, 2.05) is 18.2 Å². The van der Waals surface area contributed by atoms with E-state index in [-0.39, 0.29) is 23.2 Å². The summed E-state index contributed by atoms with van der Waals surface area (Å²) < 4.78 is 32.9. The molecule has 1 fully saturated rings. The summed E-state index contributed by atoms with van der Waals surface area (Å²) in [5.41, 5.74) is 2.27. The Hall–Kier alpha value is -1.81. The van der Waals surface area contributed by atoms with Gasteiger partial charge in [0, 0.05) is 38.4 Å². The van der Waals surface area contributed by atoms with E-state index in [1.165, 1.54) is 15.9 Å². The van der Waals surface area contributed by atoms with Crippen molar-refractivity contribution in [2.45, 2.75) is 17.1 Å². The van der Waals surface area contributed by atoms with Crippen LogP contribution in [0.15, 0.2) is 34.5 Å². The van der Waals surface area contributed by atoms with Gasteiger partial charge in [-0.3, -0.25) is 4.79 Å². The lowest BCUT2D eigenvalue weighted by molar-refractivity contribution is -0.130. The van der Waals surface area contributed by atoms with Crippen LogP contribution in [0.3, 0.4) is 0 Å². The van der Waals surface area contributed by atoms with Gasteiger partial charge < -0.3 is 14.5 Å². The predicted molar refractivity (Wildman–Crippen MR) is 118 cm³/mol. The van der Waals surface area contributed by atoms with Crippen LogP contribution in [0.4, 0.5) is 5.69 Å². The van der Waals surface area contributed by atoms with Crippen molar-refractivity contribution in [3.05, 3.63) is 40.2 Å². The number of nitrogens with zero attached hydrogens (tertiary/aromatic N) is 3. The molecule has 7 nitrogen and oxygen atoms in total. The molecular formula is C20H24ClN3O4S2. The van der Waals surface area contributed by atoms with E-state index < -0.39 is 10.0 Å². The number of sulfonamides is 1. The molecule has 0 saturated carbocycles. The minimum absolute atomic E-state index is 0.0230. The molecule has 162 valence electrons. The van der Waals surface area contributed by atoms with E-state index in [9.17, 15) is 13.2 Å². The SMILES string of the molecule is COc1ccc2c(c1)CCCN2CC(=O)N1CCN(S(=O)(=O)c2ccc(Cl)s2)CC1. The van der Waals surface area contributed by atoms with Crippen LogP contribution in [0, 0.1) is 0 Å². The average molecular weight is 470 g/mol. The summed E-state index contributed by atoms with van der Waals surface area (Å²) in [6.45, 7) is 2.49. The summed E-state index contributed by atoms with van der Waals surface area (Å²) in [4.78, 5) is 16.8. The first-order valence-corrected chi connectivity index (χ1v) is 12.5. The Labute approximate surface area is 185 Å². The van der Waals surface area contributed by atoms with Crippen molar-refractivity contribution < 1.29 is 17.9 Å². The number of hydrogen-bond acceptors (Lipinski definition) is 6. The third-order valence-corrected chi connectivity index (χ3v) is 9.16. The van der Waals surface area contributed by atoms with Crippen LogP contribution in [-0.4, -0.2) is 69.9 Å². The lowest BCUT2D eigenvalue weighted by Crippen LogP contribution is -2.52. The van der Waals surface area contributed by atoms with Crippen molar-refractivity contribution in [2.24, 2.45) is 0 Å². The monoisotopic (exact) mass is 469 g/mol. The summed E-state index contributed by atoms with van der Waals surface area (Å²) in [6, 6.07) is 9.08. The van der Waals surface area contributed by atoms with Crippen molar-refractivity contribution in [1.29, 1.82) is 0 Å². The molecule has 1 amide bonds. The molecule has 2 aromatic rings. The standard InChI is InChI=1S/C20H24ClN3O4S2/c1-28-16-4-5-17-15(13-16)3-2-8-23(17)14-19(25)22-9-11-24(12-10-22)30(26,27)20-7-6-18(21)29-20/h4-7,13H,2-3,8-12,14H2,1H3. The summed E-state index contributed by atoms with van der Waals surface area (Å²) in [6.07, 6.45) is 1.96. The van der Waals surface area contributed by atoms with E-state index in [0.717, 1.165) is 42.2 Å². The lowest BCUT2D eigenvalue weighted by Gasteiger charge is -2.36. The molecule has 0 atom stereocenters. The van der Waals surface area contributed by atoms with Gasteiger partial charge in [-0.25, -0.2) is 8.42 Å². The normalized spacial score (nSPS) is 17.7. The Morgan fingerprint density at radius 1 is 1.13 bits per heavy atom. The largest absolute Gasteiger partial charge is 0.497 e. The van der Waals surface area contributed by atoms with E-state index in [2.05, 4.69) is 4.90 Å². The molecular weight excluding hydrogens is 446 g/mol. The number of ether oxygens (including phenoxy) is 1. The maximum absolute atomic E-state index is 12.9. The van der Waals surface area contributed by atoms with Crippen LogP contribution in [0.25, 0.3) is 0 Å². The maximum atomic E-state index is 12.9. The van der Waals surface area contributed by atoms with Gasteiger partial charge >= 0.3 is 0 Å². The average Bonchev–Trinajstić information content (AvgIpc) is 3.21. The zero-order chi connectivity index (χ0) is 21.3. The molecule has 3 heterocycles. The molecule has 10 heteroatoms. The Morgan fingerprint density at radius 3 is 2.57 bits per heavy atom. The van der Waals surface area contributed by atoms with Crippen molar-refractivity contribution in [1.82, 2.24) is 9.21 Å². The van der Waals surface area contributed by atoms with Crippen LogP contribution in [-0.2, 0) is 21.2 Å². The molecule has 1 saturated heterocycles. The first-order chi connectivity index (χ1) is 14.4. The van der Waals surface area contributed by atoms with Gasteiger partial charge in [0.05, 0.1) is 18.0 Å². The maximum Gasteiger partial charge on any atom is 0.252 e. The lowest BCUT2D eigenvalue weighted by atomic mass is 10.0. The number of amides is 1. The number of anilines is 1. The second-order valence-electron chi connectivity index (χ2n) is 7.36. The van der Waals surface area contributed by atoms with Crippen molar-refractivity contribution in [3.63, 3.8) is 0 Å². The zero-order valence-electron chi connectivity index (χ0n) is 16.7. The number of thiophene rings is 1. The number of hydrogen-bond donors (Lipinski definition) is 0. The molecule has 4 rings (SSSR count). The van der Waals surface area contributed by atoms with Gasteiger partial charge in [-0.05, 0) is 48.7 Å². The van der Waals surface area contributed by atoms with Crippen LogP contribution in [0.5, 0.6) is 5.75 Å². The number of methoxy groups -OCH3 is 1. The summed E-state index contributed by atoms with van der Waals surface area (Å²) in [7, 11) is -1.91. The van der Waals surface area contributed by atoms with Gasteiger partial charge in [0.15, 0.2) is 0 Å². The number of aryl methyl sites for hydroxylation is 1. The second-order valence-corrected chi connectivity index (χ2v) is 11.2. The van der Waals surface area contributed by atoms with Crippen LogP contribution in [0.2, 0.25) is 4.34 Å². The molecule has 1 aromatic heterocycles. The number of benzene rings is 1. The predicted octanol–water partition coefficient (Wildman–Crippen LogP) is 2.70. The molecule has 0 unspecified atom stereocenters. The molecule has 2 aliphatic heterocycles. The first kappa shape index (κ1) is 21.4. The highest BCUT2D eigenvalue weighted by molar-refractivity contribution is 7.91. The highest BCUT2D eigenvalue weighted by Gasteiger charge is 2.32. The number of fused-ring (bicyclic) bond motifs is 1. The third kappa shape index (κ3) is 4.30. The summed E-state index contributed by atoms with van der Waals surface area (Å²) in [5, 5.41) is 0. The first-order valence-electron chi connectivity index (χ1n) is 9.83. The highest BCUT2D eigenvalue weighted by atomic mass is 35.5. The fourth-order valence-corrected chi connectivity index (χ4v) is 7.01. The smallest absolute Gasteiger partial charge is 0.252 e. The van der Waals surface area contributed by atoms with E-state index in [1.54, 1.807) is 18.1 Å². The molecule has 0 radical (unpaired) electrons. The van der Waals surface area contributed by atoms with E-state index in [4.69, 9.17) is 16.3 Å². The van der Waals surface area contributed by atoms with Gasteiger partial charge in [0.25, 0.3) is 10.0 Å². The Balaban J connectivity index is 1.38.